The molecule has 43 heavy (non-hydrogen) atoms. The number of anilines is 1. The van der Waals surface area contributed by atoms with Crippen molar-refractivity contribution in [3.05, 3.63) is 125 Å². The van der Waals surface area contributed by atoms with Crippen LogP contribution in [0.4, 0.5) is 23.2 Å². The molecule has 1 heterocycles. The maximum atomic E-state index is 15.0. The molecule has 0 saturated heterocycles. The molecule has 0 radical (unpaired) electrons. The Morgan fingerprint density at radius 2 is 1.60 bits per heavy atom. The number of amides is 1. The van der Waals surface area contributed by atoms with E-state index in [1.54, 1.807) is 18.2 Å². The minimum Gasteiger partial charge on any atom is -0.457 e. The molecule has 1 atom stereocenters. The average molecular weight is 590 g/mol. The lowest BCUT2D eigenvalue weighted by atomic mass is 9.78. The Morgan fingerprint density at radius 3 is 2.28 bits per heavy atom. The lowest BCUT2D eigenvalue weighted by Crippen LogP contribution is -2.47. The third kappa shape index (κ3) is 5.77. The second-order valence-corrected chi connectivity index (χ2v) is 11.3. The molecule has 9 heteroatoms. The summed E-state index contributed by atoms with van der Waals surface area (Å²) in [5.74, 6) is -2.07. The molecule has 2 N–H and O–H groups in total. The minimum atomic E-state index is -4.68. The van der Waals surface area contributed by atoms with E-state index in [2.05, 4.69) is 5.32 Å². The summed E-state index contributed by atoms with van der Waals surface area (Å²) >= 11 is 0. The van der Waals surface area contributed by atoms with Crippen LogP contribution in [0.5, 0.6) is 0 Å². The molecule has 1 aliphatic heterocycles. The van der Waals surface area contributed by atoms with Crippen molar-refractivity contribution in [1.29, 1.82) is 0 Å². The number of fused-ring (bicyclic) bond motifs is 1. The smallest absolute Gasteiger partial charge is 0.416 e. The first kappa shape index (κ1) is 28.6. The van der Waals surface area contributed by atoms with E-state index < -0.39 is 40.4 Å². The molecule has 1 aliphatic carbocycles. The normalized spacial score (nSPS) is 16.6. The number of ether oxygens (including phenoxy) is 1. The number of cyclic esters (lactones) is 1. The number of hydrogen-bond donors (Lipinski definition) is 2. The molecule has 2 aliphatic rings. The first-order valence-corrected chi connectivity index (χ1v) is 13.8. The summed E-state index contributed by atoms with van der Waals surface area (Å²) in [6, 6.07) is 23.8. The Hall–Kier alpha value is -4.50. The van der Waals surface area contributed by atoms with Gasteiger partial charge in [-0.25, -0.2) is 9.18 Å². The van der Waals surface area contributed by atoms with Gasteiger partial charge in [-0.2, -0.15) is 13.2 Å². The van der Waals surface area contributed by atoms with Crippen LogP contribution in [-0.4, -0.2) is 22.6 Å². The molecule has 1 amide bonds. The summed E-state index contributed by atoms with van der Waals surface area (Å²) in [5, 5.41) is 14.7. The maximum absolute atomic E-state index is 15.0. The van der Waals surface area contributed by atoms with Gasteiger partial charge in [0.25, 0.3) is 5.91 Å². The molecule has 0 bridgehead atoms. The Labute approximate surface area is 245 Å². The molecule has 4 aromatic carbocycles. The third-order valence-corrected chi connectivity index (χ3v) is 8.27. The molecule has 5 nitrogen and oxygen atoms in total. The van der Waals surface area contributed by atoms with Gasteiger partial charge in [-0.3, -0.25) is 4.79 Å². The number of nitrogens with one attached hydrogen (secondary N) is 1. The second kappa shape index (κ2) is 10.6. The number of hydrogen-bond acceptors (Lipinski definition) is 4. The SMILES string of the molecule is O=C1OCc2cc(NC(=O)C(O)(Cc3ccc(-c4ccccc4)cc3)CC3(c4cc(C(F)(F)F)ccc4F)CC3)ccc21. The fourth-order valence-electron chi connectivity index (χ4n) is 5.82. The first-order valence-electron chi connectivity index (χ1n) is 13.8. The Bertz CT molecular complexity index is 1700. The summed E-state index contributed by atoms with van der Waals surface area (Å²) in [7, 11) is 0. The summed E-state index contributed by atoms with van der Waals surface area (Å²) in [6.45, 7) is 0.0494. The molecule has 220 valence electrons. The zero-order chi connectivity index (χ0) is 30.4. The third-order valence-electron chi connectivity index (χ3n) is 8.27. The van der Waals surface area contributed by atoms with Crippen molar-refractivity contribution in [2.24, 2.45) is 0 Å². The fourth-order valence-corrected chi connectivity index (χ4v) is 5.82. The van der Waals surface area contributed by atoms with Crippen LogP contribution >= 0.6 is 0 Å². The van der Waals surface area contributed by atoms with Crippen LogP contribution in [0.15, 0.2) is 91.0 Å². The van der Waals surface area contributed by atoms with E-state index in [1.807, 2.05) is 42.5 Å². The van der Waals surface area contributed by atoms with Gasteiger partial charge in [0, 0.05) is 23.1 Å². The lowest BCUT2D eigenvalue weighted by Gasteiger charge is -2.32. The number of rotatable bonds is 8. The zero-order valence-corrected chi connectivity index (χ0v) is 22.9. The Morgan fingerprint density at radius 1 is 0.907 bits per heavy atom. The van der Waals surface area contributed by atoms with E-state index in [1.165, 1.54) is 12.1 Å². The van der Waals surface area contributed by atoms with Crippen LogP contribution in [0.2, 0.25) is 0 Å². The van der Waals surface area contributed by atoms with Gasteiger partial charge in [-0.1, -0.05) is 54.6 Å². The summed E-state index contributed by atoms with van der Waals surface area (Å²) in [4.78, 5) is 25.6. The van der Waals surface area contributed by atoms with Gasteiger partial charge in [0.2, 0.25) is 0 Å². The van der Waals surface area contributed by atoms with Crippen LogP contribution in [-0.2, 0) is 34.2 Å². The van der Waals surface area contributed by atoms with E-state index >= 15 is 4.39 Å². The van der Waals surface area contributed by atoms with Crippen LogP contribution < -0.4 is 5.32 Å². The molecule has 4 aromatic rings. The van der Waals surface area contributed by atoms with E-state index in [4.69, 9.17) is 4.74 Å². The van der Waals surface area contributed by atoms with Crippen molar-refractivity contribution >= 4 is 17.6 Å². The number of benzene rings is 4. The largest absolute Gasteiger partial charge is 0.457 e. The first-order chi connectivity index (χ1) is 20.5. The van der Waals surface area contributed by atoms with Crippen LogP contribution in [0.25, 0.3) is 11.1 Å². The zero-order valence-electron chi connectivity index (χ0n) is 22.9. The summed E-state index contributed by atoms with van der Waals surface area (Å²) in [6.07, 6.45) is -4.51. The highest BCUT2D eigenvalue weighted by atomic mass is 19.4. The molecule has 0 spiro atoms. The van der Waals surface area contributed by atoms with Gasteiger partial charge >= 0.3 is 12.1 Å². The standard InChI is InChI=1S/C34H27F4NO4/c35-29-13-10-25(34(36,37)38)17-28(29)32(14-15-32)20-33(42,18-21-6-8-23(9-7-21)22-4-2-1-3-5-22)31(41)39-26-11-12-27-24(16-26)19-43-30(27)40/h1-13,16-17,42H,14-15,18-20H2,(H,39,41). The van der Waals surface area contributed by atoms with Crippen LogP contribution in [0.3, 0.4) is 0 Å². The van der Waals surface area contributed by atoms with Crippen molar-refractivity contribution in [2.45, 2.75) is 49.5 Å². The van der Waals surface area contributed by atoms with Crippen molar-refractivity contribution < 1.29 is 37.0 Å². The molecule has 1 unspecified atom stereocenters. The average Bonchev–Trinajstić information content (AvgIpc) is 3.66. The van der Waals surface area contributed by atoms with Crippen LogP contribution in [0.1, 0.15) is 51.9 Å². The van der Waals surface area contributed by atoms with E-state index in [0.29, 0.717) is 41.3 Å². The van der Waals surface area contributed by atoms with Crippen molar-refractivity contribution in [3.8, 4) is 11.1 Å². The van der Waals surface area contributed by atoms with E-state index in [0.717, 1.165) is 23.3 Å². The monoisotopic (exact) mass is 589 g/mol. The van der Waals surface area contributed by atoms with Crippen LogP contribution in [0, 0.1) is 5.82 Å². The summed E-state index contributed by atoms with van der Waals surface area (Å²) in [5.41, 5.74) is -0.626. The van der Waals surface area contributed by atoms with Gasteiger partial charge in [-0.15, -0.1) is 0 Å². The number of alkyl halides is 3. The topological polar surface area (TPSA) is 75.6 Å². The molecular weight excluding hydrogens is 562 g/mol. The van der Waals surface area contributed by atoms with Gasteiger partial charge in [0.05, 0.1) is 11.1 Å². The van der Waals surface area contributed by atoms with Gasteiger partial charge in [0.15, 0.2) is 0 Å². The predicted molar refractivity (Wildman–Crippen MR) is 152 cm³/mol. The molecule has 6 rings (SSSR count). The minimum absolute atomic E-state index is 0.0494. The van der Waals surface area contributed by atoms with E-state index in [9.17, 15) is 27.9 Å². The fraction of sp³-hybridized carbons (Fsp3) is 0.235. The van der Waals surface area contributed by atoms with Gasteiger partial charge < -0.3 is 15.2 Å². The van der Waals surface area contributed by atoms with Crippen molar-refractivity contribution in [1.82, 2.24) is 0 Å². The molecule has 0 aromatic heterocycles. The number of carbonyl (C=O) groups excluding carboxylic acids is 2. The van der Waals surface area contributed by atoms with Gasteiger partial charge in [-0.05, 0) is 77.9 Å². The van der Waals surface area contributed by atoms with Crippen molar-refractivity contribution in [2.75, 3.05) is 5.32 Å². The Balaban J connectivity index is 1.33. The number of halogens is 4. The highest BCUT2D eigenvalue weighted by Gasteiger charge is 2.54. The quantitative estimate of drug-likeness (QED) is 0.168. The summed E-state index contributed by atoms with van der Waals surface area (Å²) < 4.78 is 60.6. The lowest BCUT2D eigenvalue weighted by molar-refractivity contribution is -0.138. The molecule has 1 saturated carbocycles. The van der Waals surface area contributed by atoms with Gasteiger partial charge in [0.1, 0.15) is 18.0 Å². The maximum Gasteiger partial charge on any atom is 0.416 e. The number of esters is 1. The van der Waals surface area contributed by atoms with Crippen molar-refractivity contribution in [3.63, 3.8) is 0 Å². The van der Waals surface area contributed by atoms with E-state index in [-0.39, 0.29) is 25.0 Å². The second-order valence-electron chi connectivity index (χ2n) is 11.3. The highest BCUT2D eigenvalue weighted by molar-refractivity contribution is 5.99. The molecular formula is C34H27F4NO4. The molecule has 1 fully saturated rings. The number of aliphatic hydroxyl groups is 1. The predicted octanol–water partition coefficient (Wildman–Crippen LogP) is 7.22. The Kier molecular flexibility index (Phi) is 7.08. The number of carbonyl (C=O) groups is 2. The highest BCUT2D eigenvalue weighted by Crippen LogP contribution is 2.55.